The largest absolute Gasteiger partial charge is 0.379 e. The molecule has 2 nitrogen and oxygen atoms in total. The Morgan fingerprint density at radius 1 is 1.11 bits per heavy atom. The van der Waals surface area contributed by atoms with Crippen molar-refractivity contribution in [2.75, 3.05) is 24.3 Å². The Balaban J connectivity index is 2.14. The Hall–Kier alpha value is -1.19. The molecule has 4 heteroatoms. The van der Waals surface area contributed by atoms with Gasteiger partial charge in [-0.3, -0.25) is 0 Å². The van der Waals surface area contributed by atoms with Crippen molar-refractivity contribution in [3.63, 3.8) is 0 Å². The summed E-state index contributed by atoms with van der Waals surface area (Å²) in [5.74, 6) is 0. The summed E-state index contributed by atoms with van der Waals surface area (Å²) in [4.78, 5) is 2.07. The average Bonchev–Trinajstić information content (AvgIpc) is 2.38. The first-order valence-corrected chi connectivity index (χ1v) is 7.18. The van der Waals surface area contributed by atoms with Crippen molar-refractivity contribution in [3.8, 4) is 0 Å². The van der Waals surface area contributed by atoms with Gasteiger partial charge in [-0.2, -0.15) is 0 Å². The molecule has 0 amide bonds. The fraction of sp³-hybridized carbons (Fsp3) is 0.200. The lowest BCUT2D eigenvalue weighted by Crippen LogP contribution is -2.12. The van der Waals surface area contributed by atoms with Gasteiger partial charge in [-0.25, -0.2) is 0 Å². The molecule has 0 heterocycles. The minimum atomic E-state index is 0.740. The van der Waals surface area contributed by atoms with E-state index in [4.69, 9.17) is 11.6 Å². The smallest absolute Gasteiger partial charge is 0.0597 e. The molecular weight excluding hydrogens is 324 g/mol. The number of anilines is 2. The van der Waals surface area contributed by atoms with E-state index < -0.39 is 0 Å². The molecular formula is C15H16BrClN2. The Kier molecular flexibility index (Phi) is 4.72. The Morgan fingerprint density at radius 3 is 2.42 bits per heavy atom. The third-order valence-corrected chi connectivity index (χ3v) is 3.60. The summed E-state index contributed by atoms with van der Waals surface area (Å²) in [6.45, 7) is 0.772. The third kappa shape index (κ3) is 3.88. The van der Waals surface area contributed by atoms with Crippen LogP contribution in [0.1, 0.15) is 5.56 Å². The monoisotopic (exact) mass is 338 g/mol. The molecule has 0 aliphatic carbocycles. The van der Waals surface area contributed by atoms with Crippen LogP contribution in [0.2, 0.25) is 5.02 Å². The van der Waals surface area contributed by atoms with E-state index in [0.717, 1.165) is 27.4 Å². The van der Waals surface area contributed by atoms with E-state index in [1.165, 1.54) is 5.56 Å². The fourth-order valence-corrected chi connectivity index (χ4v) is 2.28. The lowest BCUT2D eigenvalue weighted by Gasteiger charge is -2.19. The van der Waals surface area contributed by atoms with Crippen LogP contribution in [0.15, 0.2) is 46.9 Å². The molecule has 0 saturated carbocycles. The van der Waals surface area contributed by atoms with Gasteiger partial charge in [-0.1, -0.05) is 39.7 Å². The van der Waals surface area contributed by atoms with Crippen LogP contribution < -0.4 is 10.2 Å². The third-order valence-electron chi connectivity index (χ3n) is 2.84. The van der Waals surface area contributed by atoms with Crippen LogP contribution in [-0.4, -0.2) is 14.1 Å². The first-order valence-electron chi connectivity index (χ1n) is 6.01. The van der Waals surface area contributed by atoms with Gasteiger partial charge in [0.25, 0.3) is 0 Å². The van der Waals surface area contributed by atoms with Crippen LogP contribution in [0, 0.1) is 0 Å². The van der Waals surface area contributed by atoms with Gasteiger partial charge >= 0.3 is 0 Å². The normalized spacial score (nSPS) is 10.3. The van der Waals surface area contributed by atoms with Crippen molar-refractivity contribution >= 4 is 38.9 Å². The lowest BCUT2D eigenvalue weighted by molar-refractivity contribution is 1.10. The molecule has 100 valence electrons. The average molecular weight is 340 g/mol. The summed E-state index contributed by atoms with van der Waals surface area (Å²) in [5.41, 5.74) is 3.40. The highest BCUT2D eigenvalue weighted by atomic mass is 79.9. The molecule has 0 aliphatic rings. The van der Waals surface area contributed by atoms with Gasteiger partial charge in [0.05, 0.1) is 11.4 Å². The zero-order valence-corrected chi connectivity index (χ0v) is 13.3. The summed E-state index contributed by atoms with van der Waals surface area (Å²) < 4.78 is 1.09. The van der Waals surface area contributed by atoms with Crippen molar-refractivity contribution < 1.29 is 0 Å². The summed E-state index contributed by atoms with van der Waals surface area (Å²) in [5, 5.41) is 4.17. The van der Waals surface area contributed by atoms with Crippen LogP contribution in [0.4, 0.5) is 11.4 Å². The van der Waals surface area contributed by atoms with Crippen LogP contribution in [0.5, 0.6) is 0 Å². The zero-order valence-electron chi connectivity index (χ0n) is 11.0. The first kappa shape index (κ1) is 14.2. The predicted molar refractivity (Wildman–Crippen MR) is 87.2 cm³/mol. The molecule has 1 N–H and O–H groups in total. The SMILES string of the molecule is CN(C)c1ccc(Cl)cc1NCc1ccc(Br)cc1. The molecule has 0 radical (unpaired) electrons. The summed E-state index contributed by atoms with van der Waals surface area (Å²) in [7, 11) is 4.04. The van der Waals surface area contributed by atoms with Gasteiger partial charge in [0, 0.05) is 30.1 Å². The minimum absolute atomic E-state index is 0.740. The maximum Gasteiger partial charge on any atom is 0.0597 e. The molecule has 0 aromatic heterocycles. The molecule has 0 spiro atoms. The van der Waals surface area contributed by atoms with Gasteiger partial charge in [0.15, 0.2) is 0 Å². The first-order chi connectivity index (χ1) is 9.06. The second-order valence-electron chi connectivity index (χ2n) is 4.54. The van der Waals surface area contributed by atoms with Crippen LogP contribution in [-0.2, 0) is 6.54 Å². The maximum absolute atomic E-state index is 6.06. The fourth-order valence-electron chi connectivity index (χ4n) is 1.84. The highest BCUT2D eigenvalue weighted by molar-refractivity contribution is 9.10. The summed E-state index contributed by atoms with van der Waals surface area (Å²) in [6, 6.07) is 14.2. The van der Waals surface area contributed by atoms with E-state index in [1.54, 1.807) is 0 Å². The van der Waals surface area contributed by atoms with Gasteiger partial charge in [0.1, 0.15) is 0 Å². The Bertz CT molecular complexity index is 553. The highest BCUT2D eigenvalue weighted by Crippen LogP contribution is 2.28. The van der Waals surface area contributed by atoms with Crippen LogP contribution in [0.3, 0.4) is 0 Å². The number of rotatable bonds is 4. The number of hydrogen-bond acceptors (Lipinski definition) is 2. The zero-order chi connectivity index (χ0) is 13.8. The number of halogens is 2. The summed E-state index contributed by atoms with van der Waals surface area (Å²) in [6.07, 6.45) is 0. The van der Waals surface area contributed by atoms with Gasteiger partial charge < -0.3 is 10.2 Å². The van der Waals surface area contributed by atoms with E-state index in [9.17, 15) is 0 Å². The van der Waals surface area contributed by atoms with Crippen molar-refractivity contribution in [2.45, 2.75) is 6.54 Å². The Morgan fingerprint density at radius 2 is 1.79 bits per heavy atom. The molecule has 2 rings (SSSR count). The molecule has 0 saturated heterocycles. The summed E-state index contributed by atoms with van der Waals surface area (Å²) >= 11 is 9.50. The van der Waals surface area contributed by atoms with Gasteiger partial charge in [-0.05, 0) is 35.9 Å². The lowest BCUT2D eigenvalue weighted by atomic mass is 10.2. The van der Waals surface area contributed by atoms with E-state index >= 15 is 0 Å². The van der Waals surface area contributed by atoms with Crippen LogP contribution in [0.25, 0.3) is 0 Å². The van der Waals surface area contributed by atoms with Crippen molar-refractivity contribution in [3.05, 3.63) is 57.5 Å². The topological polar surface area (TPSA) is 15.3 Å². The second-order valence-corrected chi connectivity index (χ2v) is 5.89. The van der Waals surface area contributed by atoms with E-state index in [2.05, 4.69) is 38.3 Å². The molecule has 0 bridgehead atoms. The molecule has 0 fully saturated rings. The van der Waals surface area contributed by atoms with Gasteiger partial charge in [-0.15, -0.1) is 0 Å². The minimum Gasteiger partial charge on any atom is -0.379 e. The van der Waals surface area contributed by atoms with E-state index in [0.29, 0.717) is 0 Å². The van der Waals surface area contributed by atoms with Crippen molar-refractivity contribution in [1.29, 1.82) is 0 Å². The van der Waals surface area contributed by atoms with Gasteiger partial charge in [0.2, 0.25) is 0 Å². The molecule has 2 aromatic carbocycles. The standard InChI is InChI=1S/C15H16BrClN2/c1-19(2)15-8-7-13(17)9-14(15)18-10-11-3-5-12(16)6-4-11/h3-9,18H,10H2,1-2H3. The molecule has 0 unspecified atom stereocenters. The van der Waals surface area contributed by atoms with Crippen molar-refractivity contribution in [2.24, 2.45) is 0 Å². The molecule has 19 heavy (non-hydrogen) atoms. The number of nitrogens with one attached hydrogen (secondary N) is 1. The molecule has 2 aromatic rings. The highest BCUT2D eigenvalue weighted by Gasteiger charge is 2.05. The van der Waals surface area contributed by atoms with E-state index in [1.807, 2.05) is 44.4 Å². The van der Waals surface area contributed by atoms with E-state index in [-0.39, 0.29) is 0 Å². The second kappa shape index (κ2) is 6.31. The maximum atomic E-state index is 6.06. The molecule has 0 atom stereocenters. The predicted octanol–water partition coefficient (Wildman–Crippen LogP) is 4.78. The number of nitrogens with zero attached hydrogens (tertiary/aromatic N) is 1. The Labute approximate surface area is 127 Å². The quantitative estimate of drug-likeness (QED) is 0.862. The van der Waals surface area contributed by atoms with Crippen LogP contribution >= 0.6 is 27.5 Å². The van der Waals surface area contributed by atoms with Crippen molar-refractivity contribution in [1.82, 2.24) is 0 Å². The number of benzene rings is 2. The number of hydrogen-bond donors (Lipinski definition) is 1. The molecule has 0 aliphatic heterocycles.